The predicted octanol–water partition coefficient (Wildman–Crippen LogP) is 7.22. The van der Waals surface area contributed by atoms with Crippen molar-refractivity contribution in [3.05, 3.63) is 108 Å². The summed E-state index contributed by atoms with van der Waals surface area (Å²) in [6, 6.07) is 32.4. The third-order valence-electron chi connectivity index (χ3n) is 6.50. The van der Waals surface area contributed by atoms with Crippen molar-refractivity contribution in [1.82, 2.24) is 25.1 Å². The average Bonchev–Trinajstić information content (AvgIpc) is 3.70. The number of hydrogen-bond donors (Lipinski definition) is 2. The highest BCUT2D eigenvalue weighted by Gasteiger charge is 2.17. The molecule has 0 bridgehead atoms. The lowest BCUT2D eigenvalue weighted by Crippen LogP contribution is -2.29. The molecule has 0 unspecified atom stereocenters. The molecule has 0 aliphatic carbocycles. The third kappa shape index (κ3) is 8.26. The third-order valence-corrected chi connectivity index (χ3v) is 9.84. The van der Waals surface area contributed by atoms with Gasteiger partial charge in [-0.25, -0.2) is 4.98 Å². The lowest BCUT2D eigenvalue weighted by atomic mass is 10.2. The summed E-state index contributed by atoms with van der Waals surface area (Å²) in [5.74, 6) is 1.53. The molecule has 0 aliphatic heterocycles. The van der Waals surface area contributed by atoms with Gasteiger partial charge in [-0.1, -0.05) is 83.7 Å². The molecule has 13 heteroatoms. The molecule has 0 aliphatic rings. The number of fused-ring (bicyclic) bond motifs is 1. The summed E-state index contributed by atoms with van der Waals surface area (Å²) in [5, 5.41) is 15.9. The SMILES string of the molecule is O=C(CSc1nc2ccc(NC(=O)CSc3nnc(-c4ccccc4)n3-c3ccccc3)cc2s1)NCCOc1ccc(Cl)cc1. The first-order valence-corrected chi connectivity index (χ1v) is 17.4. The molecule has 9 nitrogen and oxygen atoms in total. The fraction of sp³-hybridized carbons (Fsp3) is 0.121. The predicted molar refractivity (Wildman–Crippen MR) is 186 cm³/mol. The number of thiazole rings is 1. The van der Waals surface area contributed by atoms with E-state index in [1.165, 1.54) is 34.9 Å². The van der Waals surface area contributed by atoms with Gasteiger partial charge in [0.15, 0.2) is 15.3 Å². The summed E-state index contributed by atoms with van der Waals surface area (Å²) in [7, 11) is 0. The monoisotopic (exact) mass is 686 g/mol. The largest absolute Gasteiger partial charge is 0.492 e. The second-order valence-electron chi connectivity index (χ2n) is 9.78. The van der Waals surface area contributed by atoms with Crippen LogP contribution in [0, 0.1) is 0 Å². The summed E-state index contributed by atoms with van der Waals surface area (Å²) in [6.45, 7) is 0.746. The van der Waals surface area contributed by atoms with Crippen molar-refractivity contribution in [2.75, 3.05) is 30.0 Å². The number of nitrogens with one attached hydrogen (secondary N) is 2. The number of carbonyl (C=O) groups is 2. The highest BCUT2D eigenvalue weighted by atomic mass is 35.5. The molecule has 4 aromatic carbocycles. The Morgan fingerprint density at radius 3 is 2.37 bits per heavy atom. The van der Waals surface area contributed by atoms with Gasteiger partial charge in [-0.05, 0) is 54.6 Å². The van der Waals surface area contributed by atoms with E-state index in [4.69, 9.17) is 16.3 Å². The van der Waals surface area contributed by atoms with Crippen molar-refractivity contribution in [3.63, 3.8) is 0 Å². The van der Waals surface area contributed by atoms with Crippen LogP contribution in [0.4, 0.5) is 5.69 Å². The number of carbonyl (C=O) groups excluding carboxylic acids is 2. The van der Waals surface area contributed by atoms with Gasteiger partial charge in [0.25, 0.3) is 0 Å². The Hall–Kier alpha value is -4.36. The first kappa shape index (κ1) is 31.6. The standard InChI is InChI=1S/C33H27ClN6O3S3/c34-23-11-14-26(15-12-23)43-18-17-35-29(41)20-45-33-37-27-16-13-24(19-28(27)46-33)36-30(42)21-44-32-39-38-31(22-7-3-1-4-8-22)40(32)25-9-5-2-6-10-25/h1-16,19H,17-18,20-21H2,(H,35,41)(H,36,42). The molecule has 6 rings (SSSR count). The molecule has 46 heavy (non-hydrogen) atoms. The maximum atomic E-state index is 13.0. The number of aromatic nitrogens is 4. The topological polar surface area (TPSA) is 111 Å². The molecule has 0 saturated carbocycles. The van der Waals surface area contributed by atoms with Gasteiger partial charge in [0.2, 0.25) is 11.8 Å². The molecule has 2 heterocycles. The van der Waals surface area contributed by atoms with Crippen molar-refractivity contribution in [2.45, 2.75) is 9.50 Å². The van der Waals surface area contributed by atoms with E-state index in [1.54, 1.807) is 24.3 Å². The van der Waals surface area contributed by atoms with Crippen LogP contribution in [0.1, 0.15) is 0 Å². The smallest absolute Gasteiger partial charge is 0.234 e. The molecule has 0 atom stereocenters. The molecular formula is C33H27ClN6O3S3. The van der Waals surface area contributed by atoms with Crippen molar-refractivity contribution in [1.29, 1.82) is 0 Å². The number of para-hydroxylation sites is 1. The maximum Gasteiger partial charge on any atom is 0.234 e. The summed E-state index contributed by atoms with van der Waals surface area (Å²) in [5.41, 5.74) is 3.33. The number of ether oxygens (including phenoxy) is 1. The van der Waals surface area contributed by atoms with E-state index in [9.17, 15) is 9.59 Å². The van der Waals surface area contributed by atoms with Crippen LogP contribution < -0.4 is 15.4 Å². The first-order valence-electron chi connectivity index (χ1n) is 14.2. The molecular weight excluding hydrogens is 660 g/mol. The fourth-order valence-electron chi connectivity index (χ4n) is 4.39. The second kappa shape index (κ2) is 15.3. The van der Waals surface area contributed by atoms with E-state index in [0.29, 0.717) is 40.6 Å². The van der Waals surface area contributed by atoms with Gasteiger partial charge in [-0.2, -0.15) is 0 Å². The fourth-order valence-corrected chi connectivity index (χ4v) is 7.20. The lowest BCUT2D eigenvalue weighted by Gasteiger charge is -2.10. The molecule has 0 saturated heterocycles. The second-order valence-corrected chi connectivity index (χ2v) is 13.4. The summed E-state index contributed by atoms with van der Waals surface area (Å²) in [4.78, 5) is 29.9. The number of anilines is 1. The van der Waals surface area contributed by atoms with Crippen LogP contribution in [0.15, 0.2) is 113 Å². The van der Waals surface area contributed by atoms with Crippen LogP contribution >= 0.6 is 46.5 Å². The molecule has 0 fully saturated rings. The average molecular weight is 687 g/mol. The molecule has 2 N–H and O–H groups in total. The zero-order valence-corrected chi connectivity index (χ0v) is 27.5. The number of halogens is 1. The zero-order chi connectivity index (χ0) is 31.7. The molecule has 2 aromatic heterocycles. The highest BCUT2D eigenvalue weighted by molar-refractivity contribution is 8.01. The Morgan fingerprint density at radius 2 is 1.59 bits per heavy atom. The van der Waals surface area contributed by atoms with Crippen molar-refractivity contribution in [3.8, 4) is 22.8 Å². The van der Waals surface area contributed by atoms with Crippen LogP contribution in [-0.2, 0) is 9.59 Å². The molecule has 0 radical (unpaired) electrons. The number of benzene rings is 4. The van der Waals surface area contributed by atoms with Gasteiger partial charge >= 0.3 is 0 Å². The Bertz CT molecular complexity index is 1940. The molecule has 0 spiro atoms. The van der Waals surface area contributed by atoms with Gasteiger partial charge in [-0.15, -0.1) is 21.5 Å². The number of amides is 2. The molecule has 6 aromatic rings. The van der Waals surface area contributed by atoms with E-state index >= 15 is 0 Å². The van der Waals surface area contributed by atoms with Gasteiger partial charge in [0, 0.05) is 22.0 Å². The number of rotatable bonds is 13. The van der Waals surface area contributed by atoms with Gasteiger partial charge < -0.3 is 15.4 Å². The van der Waals surface area contributed by atoms with E-state index in [0.717, 1.165) is 25.8 Å². The summed E-state index contributed by atoms with van der Waals surface area (Å²) in [6.07, 6.45) is 0. The van der Waals surface area contributed by atoms with Gasteiger partial charge in [0.05, 0.1) is 28.3 Å². The quantitative estimate of drug-likeness (QED) is 0.0969. The van der Waals surface area contributed by atoms with E-state index in [2.05, 4.69) is 25.8 Å². The zero-order valence-electron chi connectivity index (χ0n) is 24.3. The van der Waals surface area contributed by atoms with Gasteiger partial charge in [-0.3, -0.25) is 14.2 Å². The Labute approximate surface area is 282 Å². The first-order chi connectivity index (χ1) is 22.5. The van der Waals surface area contributed by atoms with Crippen molar-refractivity contribution < 1.29 is 14.3 Å². The normalized spacial score (nSPS) is 11.0. The van der Waals surface area contributed by atoms with Crippen molar-refractivity contribution >= 4 is 74.2 Å². The van der Waals surface area contributed by atoms with Gasteiger partial charge in [0.1, 0.15) is 12.4 Å². The highest BCUT2D eigenvalue weighted by Crippen LogP contribution is 2.32. The minimum atomic E-state index is -0.163. The van der Waals surface area contributed by atoms with E-state index < -0.39 is 0 Å². The van der Waals surface area contributed by atoms with E-state index in [1.807, 2.05) is 83.4 Å². The minimum absolute atomic E-state index is 0.103. The number of hydrogen-bond acceptors (Lipinski definition) is 9. The minimum Gasteiger partial charge on any atom is -0.492 e. The Kier molecular flexibility index (Phi) is 10.5. The van der Waals surface area contributed by atoms with Crippen LogP contribution in [0.3, 0.4) is 0 Å². The Morgan fingerprint density at radius 1 is 0.848 bits per heavy atom. The van der Waals surface area contributed by atoms with E-state index in [-0.39, 0.29) is 23.3 Å². The number of nitrogens with zero attached hydrogens (tertiary/aromatic N) is 4. The van der Waals surface area contributed by atoms with Crippen LogP contribution in [0.2, 0.25) is 5.02 Å². The van der Waals surface area contributed by atoms with Crippen LogP contribution in [-0.4, -0.2) is 56.2 Å². The van der Waals surface area contributed by atoms with Crippen LogP contribution in [0.5, 0.6) is 5.75 Å². The maximum absolute atomic E-state index is 13.0. The van der Waals surface area contributed by atoms with Crippen LogP contribution in [0.25, 0.3) is 27.3 Å². The summed E-state index contributed by atoms with van der Waals surface area (Å²) < 4.78 is 9.26. The summed E-state index contributed by atoms with van der Waals surface area (Å²) >= 11 is 10.0. The molecule has 232 valence electrons. The van der Waals surface area contributed by atoms with Crippen molar-refractivity contribution in [2.24, 2.45) is 0 Å². The Balaban J connectivity index is 1.01. The molecule has 2 amide bonds. The number of thioether (sulfide) groups is 2. The lowest BCUT2D eigenvalue weighted by molar-refractivity contribution is -0.118.